The Bertz CT molecular complexity index is 511. The second-order valence-electron chi connectivity index (χ2n) is 5.45. The van der Waals surface area contributed by atoms with E-state index in [4.69, 9.17) is 4.74 Å². The largest absolute Gasteiger partial charge is 0.478 e. The Morgan fingerprint density at radius 3 is 2.57 bits per heavy atom. The molecule has 3 nitrogen and oxygen atoms in total. The fourth-order valence-corrected chi connectivity index (χ4v) is 2.17. The monoisotopic (exact) mass is 284 g/mol. The van der Waals surface area contributed by atoms with Crippen LogP contribution in [-0.2, 0) is 6.54 Å². The van der Waals surface area contributed by atoms with Crippen LogP contribution in [0.4, 0.5) is 0 Å². The van der Waals surface area contributed by atoms with Crippen LogP contribution in [0.25, 0.3) is 0 Å². The molecule has 0 aliphatic rings. The zero-order valence-corrected chi connectivity index (χ0v) is 13.0. The number of rotatable bonds is 8. The molecular weight excluding hydrogens is 260 g/mol. The fourth-order valence-electron chi connectivity index (χ4n) is 2.17. The van der Waals surface area contributed by atoms with E-state index in [0.29, 0.717) is 0 Å². The van der Waals surface area contributed by atoms with Crippen LogP contribution in [0.5, 0.6) is 5.88 Å². The summed E-state index contributed by atoms with van der Waals surface area (Å²) in [5, 5.41) is 0. The van der Waals surface area contributed by atoms with Gasteiger partial charge in [-0.1, -0.05) is 36.4 Å². The second-order valence-corrected chi connectivity index (χ2v) is 5.45. The summed E-state index contributed by atoms with van der Waals surface area (Å²) in [6, 6.07) is 14.5. The van der Waals surface area contributed by atoms with Crippen molar-refractivity contribution in [1.29, 1.82) is 0 Å². The van der Waals surface area contributed by atoms with Gasteiger partial charge in [-0.25, -0.2) is 4.98 Å². The van der Waals surface area contributed by atoms with Gasteiger partial charge in [-0.05, 0) is 44.5 Å². The second kappa shape index (κ2) is 8.42. The Labute approximate surface area is 127 Å². The Kier molecular flexibility index (Phi) is 6.22. The Balaban J connectivity index is 1.58. The van der Waals surface area contributed by atoms with Crippen LogP contribution in [-0.4, -0.2) is 30.1 Å². The highest BCUT2D eigenvalue weighted by molar-refractivity contribution is 5.16. The van der Waals surface area contributed by atoms with Crippen LogP contribution < -0.4 is 4.74 Å². The van der Waals surface area contributed by atoms with Crippen molar-refractivity contribution in [2.45, 2.75) is 26.3 Å². The van der Waals surface area contributed by atoms with Crippen molar-refractivity contribution in [2.75, 3.05) is 20.2 Å². The Morgan fingerprint density at radius 1 is 1.05 bits per heavy atom. The van der Waals surface area contributed by atoms with E-state index in [9.17, 15) is 0 Å². The van der Waals surface area contributed by atoms with E-state index in [1.165, 1.54) is 5.56 Å². The van der Waals surface area contributed by atoms with Gasteiger partial charge in [-0.3, -0.25) is 0 Å². The van der Waals surface area contributed by atoms with Crippen LogP contribution >= 0.6 is 0 Å². The van der Waals surface area contributed by atoms with Crippen molar-refractivity contribution >= 4 is 0 Å². The average molecular weight is 284 g/mol. The van der Waals surface area contributed by atoms with Crippen molar-refractivity contribution in [3.05, 3.63) is 59.8 Å². The van der Waals surface area contributed by atoms with Crippen LogP contribution in [0.15, 0.2) is 48.7 Å². The number of hydrogen-bond acceptors (Lipinski definition) is 3. The Morgan fingerprint density at radius 2 is 1.86 bits per heavy atom. The van der Waals surface area contributed by atoms with Gasteiger partial charge in [-0.2, -0.15) is 0 Å². The lowest BCUT2D eigenvalue weighted by molar-refractivity contribution is 0.269. The highest BCUT2D eigenvalue weighted by Crippen LogP contribution is 2.08. The first-order chi connectivity index (χ1) is 10.2. The third-order valence-electron chi connectivity index (χ3n) is 3.36. The molecule has 0 aliphatic heterocycles. The molecule has 1 heterocycles. The molecule has 0 bridgehead atoms. The van der Waals surface area contributed by atoms with Crippen LogP contribution in [0.3, 0.4) is 0 Å². The molecule has 0 fully saturated rings. The van der Waals surface area contributed by atoms with Gasteiger partial charge < -0.3 is 9.64 Å². The molecule has 2 aromatic rings. The maximum atomic E-state index is 5.63. The molecule has 0 atom stereocenters. The normalized spacial score (nSPS) is 10.8. The van der Waals surface area contributed by atoms with Crippen molar-refractivity contribution < 1.29 is 4.74 Å². The standard InChI is InChI=1S/C18H24N2O/c1-16-10-11-18(19-14-16)21-13-7-6-12-20(2)15-17-8-4-3-5-9-17/h3-5,8-11,14H,6-7,12-13,15H2,1-2H3. The molecule has 0 aliphatic carbocycles. The van der Waals surface area contributed by atoms with E-state index in [-0.39, 0.29) is 0 Å². The molecule has 0 saturated carbocycles. The molecule has 0 saturated heterocycles. The molecule has 1 aromatic heterocycles. The highest BCUT2D eigenvalue weighted by atomic mass is 16.5. The number of aryl methyl sites for hydroxylation is 1. The maximum absolute atomic E-state index is 5.63. The first-order valence-electron chi connectivity index (χ1n) is 7.52. The van der Waals surface area contributed by atoms with E-state index in [1.54, 1.807) is 0 Å². The summed E-state index contributed by atoms with van der Waals surface area (Å²) in [5.41, 5.74) is 2.52. The molecule has 21 heavy (non-hydrogen) atoms. The van der Waals surface area contributed by atoms with E-state index >= 15 is 0 Å². The van der Waals surface area contributed by atoms with E-state index < -0.39 is 0 Å². The van der Waals surface area contributed by atoms with Gasteiger partial charge in [0.1, 0.15) is 0 Å². The lowest BCUT2D eigenvalue weighted by Gasteiger charge is -2.16. The van der Waals surface area contributed by atoms with Crippen molar-refractivity contribution in [3.63, 3.8) is 0 Å². The van der Waals surface area contributed by atoms with Crippen LogP contribution in [0.2, 0.25) is 0 Å². The summed E-state index contributed by atoms with van der Waals surface area (Å²) in [5.74, 6) is 0.721. The van der Waals surface area contributed by atoms with Gasteiger partial charge in [0.2, 0.25) is 5.88 Å². The first-order valence-corrected chi connectivity index (χ1v) is 7.52. The van der Waals surface area contributed by atoms with Crippen LogP contribution in [0.1, 0.15) is 24.0 Å². The van der Waals surface area contributed by atoms with Gasteiger partial charge >= 0.3 is 0 Å². The third-order valence-corrected chi connectivity index (χ3v) is 3.36. The summed E-state index contributed by atoms with van der Waals surface area (Å²) in [7, 11) is 2.16. The molecule has 2 rings (SSSR count). The van der Waals surface area contributed by atoms with Crippen molar-refractivity contribution in [1.82, 2.24) is 9.88 Å². The zero-order valence-electron chi connectivity index (χ0n) is 13.0. The summed E-state index contributed by atoms with van der Waals surface area (Å²) in [4.78, 5) is 6.58. The number of benzene rings is 1. The summed E-state index contributed by atoms with van der Waals surface area (Å²) in [6.45, 7) is 4.84. The molecule has 0 radical (unpaired) electrons. The number of unbranched alkanes of at least 4 members (excludes halogenated alkanes) is 1. The lowest BCUT2D eigenvalue weighted by atomic mass is 10.2. The minimum atomic E-state index is 0.721. The number of aromatic nitrogens is 1. The first kappa shape index (κ1) is 15.5. The minimum absolute atomic E-state index is 0.721. The van der Waals surface area contributed by atoms with E-state index in [1.807, 2.05) is 25.3 Å². The van der Waals surface area contributed by atoms with Gasteiger partial charge in [0.25, 0.3) is 0 Å². The van der Waals surface area contributed by atoms with Crippen molar-refractivity contribution in [3.8, 4) is 5.88 Å². The summed E-state index contributed by atoms with van der Waals surface area (Å²) < 4.78 is 5.63. The molecule has 0 amide bonds. The van der Waals surface area contributed by atoms with Gasteiger partial charge in [0.05, 0.1) is 6.61 Å². The predicted octanol–water partition coefficient (Wildman–Crippen LogP) is 3.68. The smallest absolute Gasteiger partial charge is 0.213 e. The summed E-state index contributed by atoms with van der Waals surface area (Å²) >= 11 is 0. The number of hydrogen-bond donors (Lipinski definition) is 0. The van der Waals surface area contributed by atoms with Gasteiger partial charge in [-0.15, -0.1) is 0 Å². The minimum Gasteiger partial charge on any atom is -0.478 e. The SMILES string of the molecule is Cc1ccc(OCCCCN(C)Cc2ccccc2)nc1. The van der Waals surface area contributed by atoms with Gasteiger partial charge in [0, 0.05) is 18.8 Å². The van der Waals surface area contributed by atoms with Crippen molar-refractivity contribution in [2.24, 2.45) is 0 Å². The lowest BCUT2D eigenvalue weighted by Crippen LogP contribution is -2.19. The molecule has 112 valence electrons. The van der Waals surface area contributed by atoms with E-state index in [2.05, 4.69) is 47.3 Å². The molecular formula is C18H24N2O. The number of pyridine rings is 1. The third kappa shape index (κ3) is 5.96. The van der Waals surface area contributed by atoms with E-state index in [0.717, 1.165) is 44.0 Å². The fraction of sp³-hybridized carbons (Fsp3) is 0.389. The number of nitrogens with zero attached hydrogens (tertiary/aromatic N) is 2. The topological polar surface area (TPSA) is 25.4 Å². The number of ether oxygens (including phenoxy) is 1. The molecule has 0 spiro atoms. The maximum Gasteiger partial charge on any atom is 0.213 e. The quantitative estimate of drug-likeness (QED) is 0.691. The molecule has 1 aromatic carbocycles. The van der Waals surface area contributed by atoms with Crippen LogP contribution in [0, 0.1) is 6.92 Å². The Hall–Kier alpha value is -1.87. The summed E-state index contributed by atoms with van der Waals surface area (Å²) in [6.07, 6.45) is 4.02. The molecule has 0 N–H and O–H groups in total. The predicted molar refractivity (Wildman–Crippen MR) is 86.5 cm³/mol. The van der Waals surface area contributed by atoms with Gasteiger partial charge in [0.15, 0.2) is 0 Å². The highest BCUT2D eigenvalue weighted by Gasteiger charge is 2.00. The molecule has 3 heteroatoms. The molecule has 0 unspecified atom stereocenters. The average Bonchev–Trinajstić information content (AvgIpc) is 2.50. The zero-order chi connectivity index (χ0) is 14.9.